The minimum atomic E-state index is -1.30. The Kier molecular flexibility index (Phi) is 6.77. The van der Waals surface area contributed by atoms with E-state index < -0.39 is 10.6 Å². The van der Waals surface area contributed by atoms with E-state index >= 15 is 0 Å². The zero-order chi connectivity index (χ0) is 20.4. The van der Waals surface area contributed by atoms with Gasteiger partial charge in [0.25, 0.3) is 17.2 Å². The van der Waals surface area contributed by atoms with Crippen LogP contribution in [0.25, 0.3) is 0 Å². The number of β-amino-alcohol motifs (C(OH)–C–C–N with tert-alkyl or cyclic N) is 1. The summed E-state index contributed by atoms with van der Waals surface area (Å²) in [4.78, 5) is 13.0. The molecule has 1 N–H and O–H groups in total. The molecule has 1 unspecified atom stereocenters. The van der Waals surface area contributed by atoms with Crippen LogP contribution >= 0.6 is 0 Å². The van der Waals surface area contributed by atoms with Gasteiger partial charge in [0.05, 0.1) is 18.1 Å². The van der Waals surface area contributed by atoms with Crippen LogP contribution in [0.3, 0.4) is 0 Å². The predicted octanol–water partition coefficient (Wildman–Crippen LogP) is 0.648. The molecule has 7 nitrogen and oxygen atoms in total. The van der Waals surface area contributed by atoms with Crippen LogP contribution in [0, 0.1) is 10.1 Å². The summed E-state index contributed by atoms with van der Waals surface area (Å²) in [5.74, 6) is 1.88. The molecule has 2 aromatic carbocycles. The molecule has 160 valence electrons. The summed E-state index contributed by atoms with van der Waals surface area (Å²) in [7, 11) is 0. The van der Waals surface area contributed by atoms with Gasteiger partial charge in [-0.25, -0.2) is 9.48 Å². The second-order valence-corrected chi connectivity index (χ2v) is 7.52. The number of rotatable bonds is 5. The Hall–Kier alpha value is -2.45. The van der Waals surface area contributed by atoms with Gasteiger partial charge >= 0.3 is 0 Å². The molecule has 0 amide bonds. The number of aliphatic hydroxyl groups is 1. The van der Waals surface area contributed by atoms with Crippen molar-refractivity contribution in [2.75, 3.05) is 24.6 Å². The first-order valence-corrected chi connectivity index (χ1v) is 10.1. The molecule has 0 aromatic heterocycles. The number of halogens is 1. The Bertz CT molecular complexity index is 948. The van der Waals surface area contributed by atoms with E-state index in [1.807, 2.05) is 35.8 Å². The van der Waals surface area contributed by atoms with Crippen molar-refractivity contribution in [3.05, 3.63) is 64.2 Å². The zero-order valence-electron chi connectivity index (χ0n) is 17.0. The summed E-state index contributed by atoms with van der Waals surface area (Å²) >= 11 is 0. The number of ether oxygens (including phenoxy) is 1. The Labute approximate surface area is 186 Å². The average Bonchev–Trinajstić information content (AvgIpc) is 2.88. The summed E-state index contributed by atoms with van der Waals surface area (Å²) in [6.45, 7) is 3.62. The number of nitro groups is 1. The van der Waals surface area contributed by atoms with Crippen molar-refractivity contribution in [1.82, 2.24) is 0 Å². The van der Waals surface area contributed by atoms with Gasteiger partial charge in [0, 0.05) is 24.1 Å². The van der Waals surface area contributed by atoms with E-state index in [0.717, 1.165) is 49.5 Å². The highest BCUT2D eigenvalue weighted by atomic mass is 79.9. The largest absolute Gasteiger partial charge is 1.00 e. The van der Waals surface area contributed by atoms with Gasteiger partial charge < -0.3 is 26.8 Å². The molecule has 0 saturated heterocycles. The Morgan fingerprint density at radius 1 is 1.20 bits per heavy atom. The van der Waals surface area contributed by atoms with Crippen molar-refractivity contribution in [1.29, 1.82) is 0 Å². The molecule has 30 heavy (non-hydrogen) atoms. The summed E-state index contributed by atoms with van der Waals surface area (Å²) in [6, 6.07) is 14.2. The Morgan fingerprint density at radius 3 is 2.67 bits per heavy atom. The fraction of sp³-hybridized carbons (Fsp3) is 0.409. The highest BCUT2D eigenvalue weighted by Gasteiger charge is 2.52. The molecule has 2 aliphatic heterocycles. The van der Waals surface area contributed by atoms with Crippen LogP contribution in [0.2, 0.25) is 0 Å². The van der Waals surface area contributed by atoms with Gasteiger partial charge in [0.15, 0.2) is 6.54 Å². The number of nitrogens with zero attached hydrogens (tertiary/aromatic N) is 3. The van der Waals surface area contributed by atoms with Crippen LogP contribution in [-0.2, 0) is 5.72 Å². The molecule has 2 aromatic rings. The van der Waals surface area contributed by atoms with Crippen molar-refractivity contribution < 1.29 is 36.3 Å². The third-order valence-electron chi connectivity index (χ3n) is 5.71. The van der Waals surface area contributed by atoms with E-state index in [1.165, 1.54) is 12.1 Å². The van der Waals surface area contributed by atoms with Gasteiger partial charge in [0.1, 0.15) is 11.4 Å². The van der Waals surface area contributed by atoms with Crippen LogP contribution in [0.15, 0.2) is 48.5 Å². The number of nitro benzene ring substituents is 1. The molecule has 1 atom stereocenters. The fourth-order valence-electron chi connectivity index (χ4n) is 4.31. The lowest BCUT2D eigenvalue weighted by atomic mass is 10.0. The Morgan fingerprint density at radius 2 is 1.97 bits per heavy atom. The molecule has 4 rings (SSSR count). The fourth-order valence-corrected chi connectivity index (χ4v) is 4.31. The minimum Gasteiger partial charge on any atom is -1.00 e. The number of anilines is 1. The molecule has 0 fully saturated rings. The van der Waals surface area contributed by atoms with Gasteiger partial charge in [0.2, 0.25) is 0 Å². The van der Waals surface area contributed by atoms with Gasteiger partial charge in [-0.15, -0.1) is 0 Å². The maximum atomic E-state index is 11.8. The minimum absolute atomic E-state index is 0. The maximum absolute atomic E-state index is 11.8. The van der Waals surface area contributed by atoms with Crippen LogP contribution in [0.5, 0.6) is 5.75 Å². The number of hydrogen-bond acceptors (Lipinski definition) is 5. The van der Waals surface area contributed by atoms with Crippen molar-refractivity contribution >= 4 is 17.2 Å². The van der Waals surface area contributed by atoms with E-state index in [2.05, 4.69) is 4.90 Å². The molecule has 0 radical (unpaired) electrons. The second kappa shape index (κ2) is 9.14. The standard InChI is InChI=1S/C22H26N3O4.BrH/c1-2-29-20-12-10-18(11-13-20)23-16-22(26,24-14-5-3-4-9-21(23)24)17-7-6-8-19(15-17)25(27)28;/h6-8,10-13,15,26H,2-5,9,14,16H2,1H3;1H/q+1;/p-1. The summed E-state index contributed by atoms with van der Waals surface area (Å²) in [5, 5.41) is 23.0. The van der Waals surface area contributed by atoms with Gasteiger partial charge in [-0.1, -0.05) is 12.1 Å². The summed E-state index contributed by atoms with van der Waals surface area (Å²) in [5.41, 5.74) is 0.229. The van der Waals surface area contributed by atoms with Crippen molar-refractivity contribution in [3.63, 3.8) is 0 Å². The monoisotopic (exact) mass is 475 g/mol. The molecule has 0 bridgehead atoms. The molecule has 8 heteroatoms. The van der Waals surface area contributed by atoms with Crippen molar-refractivity contribution in [2.24, 2.45) is 0 Å². The first-order valence-electron chi connectivity index (χ1n) is 10.1. The van der Waals surface area contributed by atoms with E-state index in [-0.39, 0.29) is 22.7 Å². The molecule has 0 spiro atoms. The molecular formula is C22H26BrN3O4. The van der Waals surface area contributed by atoms with Crippen LogP contribution in [0.4, 0.5) is 11.4 Å². The lowest BCUT2D eigenvalue weighted by Gasteiger charge is -2.23. The smallest absolute Gasteiger partial charge is 0.271 e. The number of amidine groups is 1. The van der Waals surface area contributed by atoms with E-state index in [1.54, 1.807) is 12.1 Å². The van der Waals surface area contributed by atoms with Crippen molar-refractivity contribution in [2.45, 2.75) is 38.3 Å². The SMILES string of the molecule is CCOc1ccc(N2CC(O)(c3cccc([N+](=O)[O-])c3)[N+]3=C2CCCCC3)cc1.[Br-]. The Balaban J connectivity index is 0.00000256. The van der Waals surface area contributed by atoms with Crippen molar-refractivity contribution in [3.8, 4) is 5.75 Å². The summed E-state index contributed by atoms with van der Waals surface area (Å²) < 4.78 is 7.58. The maximum Gasteiger partial charge on any atom is 0.271 e. The highest BCUT2D eigenvalue weighted by molar-refractivity contribution is 5.96. The van der Waals surface area contributed by atoms with E-state index in [4.69, 9.17) is 4.74 Å². The molecular weight excluding hydrogens is 450 g/mol. The lowest BCUT2D eigenvalue weighted by molar-refractivity contribution is -0.658. The lowest BCUT2D eigenvalue weighted by Crippen LogP contribution is -3.00. The van der Waals surface area contributed by atoms with E-state index in [0.29, 0.717) is 18.7 Å². The molecule has 2 aliphatic rings. The number of non-ortho nitro benzene ring substituents is 1. The quantitative estimate of drug-likeness (QED) is 0.390. The second-order valence-electron chi connectivity index (χ2n) is 7.52. The molecule has 0 saturated carbocycles. The normalized spacial score (nSPS) is 20.9. The van der Waals surface area contributed by atoms with Gasteiger partial charge in [-0.3, -0.25) is 10.1 Å². The number of hydrogen-bond donors (Lipinski definition) is 1. The highest BCUT2D eigenvalue weighted by Crippen LogP contribution is 2.36. The molecule has 0 aliphatic carbocycles. The number of benzene rings is 2. The topological polar surface area (TPSA) is 78.9 Å². The molecule has 2 heterocycles. The summed E-state index contributed by atoms with van der Waals surface area (Å²) in [6.07, 6.45) is 4.01. The van der Waals surface area contributed by atoms with Crippen LogP contribution in [-0.4, -0.2) is 40.1 Å². The third kappa shape index (κ3) is 4.06. The van der Waals surface area contributed by atoms with Crippen LogP contribution in [0.1, 0.15) is 38.2 Å². The average molecular weight is 476 g/mol. The first-order chi connectivity index (χ1) is 14.0. The third-order valence-corrected chi connectivity index (χ3v) is 5.71. The van der Waals surface area contributed by atoms with Crippen LogP contribution < -0.4 is 26.6 Å². The first kappa shape index (κ1) is 22.2. The van der Waals surface area contributed by atoms with E-state index in [9.17, 15) is 15.2 Å². The van der Waals surface area contributed by atoms with Gasteiger partial charge in [-0.2, -0.15) is 0 Å². The van der Waals surface area contributed by atoms with Gasteiger partial charge in [-0.05, 0) is 50.5 Å². The predicted molar refractivity (Wildman–Crippen MR) is 111 cm³/mol. The zero-order valence-corrected chi connectivity index (χ0v) is 18.5.